The van der Waals surface area contributed by atoms with Crippen LogP contribution in [0.25, 0.3) is 0 Å². The number of carboxylic acids is 1. The monoisotopic (exact) mass is 358 g/mol. The number of unbranched alkanes of at least 4 members (excludes halogenated alkanes) is 9. The topological polar surface area (TPSA) is 46.5 Å². The van der Waals surface area contributed by atoms with Gasteiger partial charge in [0.15, 0.2) is 0 Å². The van der Waals surface area contributed by atoms with Gasteiger partial charge in [0, 0.05) is 12.8 Å². The lowest BCUT2D eigenvalue weighted by Gasteiger charge is -2.10. The van der Waals surface area contributed by atoms with E-state index in [1.165, 1.54) is 52.1 Å². The summed E-state index contributed by atoms with van der Waals surface area (Å²) >= 11 is 0. The third-order valence-electron chi connectivity index (χ3n) is 4.57. The summed E-state index contributed by atoms with van der Waals surface area (Å²) in [5.41, 5.74) is 1.19. The van der Waals surface area contributed by atoms with Crippen molar-refractivity contribution in [2.75, 3.05) is 7.11 Å². The van der Waals surface area contributed by atoms with Gasteiger partial charge in [-0.25, -0.2) is 4.79 Å². The first-order valence-electron chi connectivity index (χ1n) is 10.1. The minimum atomic E-state index is -0.907. The summed E-state index contributed by atoms with van der Waals surface area (Å²) < 4.78 is 5.18. The molecule has 144 valence electrons. The first kappa shape index (κ1) is 22.1. The van der Waals surface area contributed by atoms with Crippen molar-refractivity contribution in [1.82, 2.24) is 0 Å². The molecule has 0 saturated heterocycles. The minimum absolute atomic E-state index is 0.315. The number of hydrogen-bond acceptors (Lipinski definition) is 2. The van der Waals surface area contributed by atoms with E-state index in [0.29, 0.717) is 11.3 Å². The quantitative estimate of drug-likeness (QED) is 0.335. The van der Waals surface area contributed by atoms with Gasteiger partial charge in [-0.05, 0) is 37.3 Å². The fraction of sp³-hybridized carbons (Fsp3) is 0.609. The van der Waals surface area contributed by atoms with Crippen LogP contribution in [0, 0.1) is 11.8 Å². The third kappa shape index (κ3) is 8.94. The van der Waals surface area contributed by atoms with Crippen LogP contribution in [0.2, 0.25) is 0 Å². The number of benzene rings is 1. The van der Waals surface area contributed by atoms with Crippen molar-refractivity contribution in [2.24, 2.45) is 0 Å². The summed E-state index contributed by atoms with van der Waals surface area (Å²) in [7, 11) is 1.52. The van der Waals surface area contributed by atoms with E-state index in [4.69, 9.17) is 4.74 Å². The van der Waals surface area contributed by atoms with Crippen molar-refractivity contribution in [1.29, 1.82) is 0 Å². The highest BCUT2D eigenvalue weighted by atomic mass is 16.5. The van der Waals surface area contributed by atoms with Gasteiger partial charge in [-0.15, -0.1) is 11.8 Å². The smallest absolute Gasteiger partial charge is 0.339 e. The van der Waals surface area contributed by atoms with E-state index in [9.17, 15) is 9.90 Å². The number of methoxy groups -OCH3 is 1. The molecule has 1 aromatic rings. The van der Waals surface area contributed by atoms with E-state index < -0.39 is 5.97 Å². The molecule has 0 spiro atoms. The molecule has 0 aromatic heterocycles. The minimum Gasteiger partial charge on any atom is -0.496 e. The van der Waals surface area contributed by atoms with E-state index in [1.807, 2.05) is 12.1 Å². The molecule has 0 aliphatic heterocycles. The predicted octanol–water partition coefficient (Wildman–Crippen LogP) is 6.25. The zero-order valence-electron chi connectivity index (χ0n) is 16.5. The second-order valence-corrected chi connectivity index (χ2v) is 6.73. The van der Waals surface area contributed by atoms with Crippen molar-refractivity contribution in [3.63, 3.8) is 0 Å². The van der Waals surface area contributed by atoms with Gasteiger partial charge in [0.2, 0.25) is 0 Å². The molecule has 0 saturated carbocycles. The number of carbonyl (C=O) groups is 1. The first-order valence-corrected chi connectivity index (χ1v) is 10.1. The fourth-order valence-electron chi connectivity index (χ4n) is 3.05. The summed E-state index contributed by atoms with van der Waals surface area (Å²) in [6.07, 6.45) is 13.7. The van der Waals surface area contributed by atoms with Crippen LogP contribution < -0.4 is 4.74 Å². The number of ether oxygens (including phenoxy) is 1. The maximum Gasteiger partial charge on any atom is 0.339 e. The average Bonchev–Trinajstić information content (AvgIpc) is 2.65. The predicted molar refractivity (Wildman–Crippen MR) is 108 cm³/mol. The van der Waals surface area contributed by atoms with Crippen LogP contribution >= 0.6 is 0 Å². The van der Waals surface area contributed by atoms with Gasteiger partial charge in [0.05, 0.1) is 7.11 Å². The maximum absolute atomic E-state index is 11.4. The summed E-state index contributed by atoms with van der Waals surface area (Å²) in [5.74, 6) is 6.05. The second-order valence-electron chi connectivity index (χ2n) is 6.73. The summed E-state index contributed by atoms with van der Waals surface area (Å²) in [6, 6.07) is 5.47. The zero-order valence-corrected chi connectivity index (χ0v) is 16.5. The highest BCUT2D eigenvalue weighted by Gasteiger charge is 2.15. The molecule has 0 fully saturated rings. The Balaban J connectivity index is 2.13. The molecule has 1 rings (SSSR count). The van der Waals surface area contributed by atoms with Gasteiger partial charge >= 0.3 is 5.97 Å². The Labute approximate surface area is 159 Å². The van der Waals surface area contributed by atoms with Crippen molar-refractivity contribution >= 4 is 5.97 Å². The highest BCUT2D eigenvalue weighted by Crippen LogP contribution is 2.24. The number of aryl methyl sites for hydroxylation is 1. The molecular formula is C23H34O3. The highest BCUT2D eigenvalue weighted by molar-refractivity contribution is 5.92. The van der Waals surface area contributed by atoms with Gasteiger partial charge in [-0.3, -0.25) is 0 Å². The first-order chi connectivity index (χ1) is 12.7. The average molecular weight is 359 g/mol. The van der Waals surface area contributed by atoms with Gasteiger partial charge in [-0.2, -0.15) is 0 Å². The Hall–Kier alpha value is -1.95. The van der Waals surface area contributed by atoms with Crippen LogP contribution in [0.5, 0.6) is 5.75 Å². The normalized spacial score (nSPS) is 10.2. The number of aromatic carboxylic acids is 1. The fourth-order valence-corrected chi connectivity index (χ4v) is 3.05. The number of carboxylic acid groups (broad SMARTS) is 1. The van der Waals surface area contributed by atoms with Gasteiger partial charge < -0.3 is 9.84 Å². The Kier molecular flexibility index (Phi) is 12.1. The van der Waals surface area contributed by atoms with Crippen LogP contribution in [0.3, 0.4) is 0 Å². The largest absolute Gasteiger partial charge is 0.496 e. The molecule has 3 nitrogen and oxygen atoms in total. The SMILES string of the molecule is CCCCC#CCCCCCCCCCc1cccc(OC)c1C(=O)O. The molecule has 0 heterocycles. The molecule has 1 N–H and O–H groups in total. The molecule has 0 unspecified atom stereocenters. The van der Waals surface area contributed by atoms with E-state index in [2.05, 4.69) is 18.8 Å². The van der Waals surface area contributed by atoms with E-state index in [1.54, 1.807) is 6.07 Å². The molecule has 0 bridgehead atoms. The van der Waals surface area contributed by atoms with Gasteiger partial charge in [0.25, 0.3) is 0 Å². The van der Waals surface area contributed by atoms with Crippen molar-refractivity contribution in [3.8, 4) is 17.6 Å². The van der Waals surface area contributed by atoms with E-state index in [-0.39, 0.29) is 0 Å². The number of rotatable bonds is 13. The third-order valence-corrected chi connectivity index (χ3v) is 4.57. The summed E-state index contributed by atoms with van der Waals surface area (Å²) in [5, 5.41) is 9.39. The van der Waals surface area contributed by atoms with E-state index in [0.717, 1.165) is 37.7 Å². The number of hydrogen-bond donors (Lipinski definition) is 1. The summed E-state index contributed by atoms with van der Waals surface area (Å²) in [4.78, 5) is 11.4. The molecule has 3 heteroatoms. The lowest BCUT2D eigenvalue weighted by molar-refractivity contribution is 0.0692. The standard InChI is InChI=1S/C23H34O3/c1-3-4-5-6-7-8-9-10-11-12-13-14-15-17-20-18-16-19-21(26-2)22(20)23(24)25/h16,18-19H,3-5,8-15,17H2,1-2H3,(H,24,25). The molecule has 0 radical (unpaired) electrons. The van der Waals surface area contributed by atoms with Crippen LogP contribution in [-0.2, 0) is 6.42 Å². The molecule has 0 atom stereocenters. The van der Waals surface area contributed by atoms with Gasteiger partial charge in [0.1, 0.15) is 11.3 Å². The summed E-state index contributed by atoms with van der Waals surface area (Å²) in [6.45, 7) is 2.20. The second kappa shape index (κ2) is 14.2. The van der Waals surface area contributed by atoms with Crippen LogP contribution in [0.1, 0.15) is 93.5 Å². The van der Waals surface area contributed by atoms with Crippen LogP contribution in [0.4, 0.5) is 0 Å². The zero-order chi connectivity index (χ0) is 19.0. The Morgan fingerprint density at radius 2 is 1.58 bits per heavy atom. The molecule has 0 aliphatic carbocycles. The van der Waals surface area contributed by atoms with Crippen molar-refractivity contribution in [3.05, 3.63) is 29.3 Å². The van der Waals surface area contributed by atoms with E-state index >= 15 is 0 Å². The molecule has 26 heavy (non-hydrogen) atoms. The van der Waals surface area contributed by atoms with Crippen LogP contribution in [-0.4, -0.2) is 18.2 Å². The molecular weight excluding hydrogens is 324 g/mol. The van der Waals surface area contributed by atoms with Crippen LogP contribution in [0.15, 0.2) is 18.2 Å². The van der Waals surface area contributed by atoms with Crippen molar-refractivity contribution < 1.29 is 14.6 Å². The van der Waals surface area contributed by atoms with Gasteiger partial charge in [-0.1, -0.05) is 57.6 Å². The molecule has 0 aliphatic rings. The maximum atomic E-state index is 11.4. The Bertz CT molecular complexity index is 581. The Morgan fingerprint density at radius 3 is 2.19 bits per heavy atom. The molecule has 1 aromatic carbocycles. The molecule has 0 amide bonds. The lowest BCUT2D eigenvalue weighted by Crippen LogP contribution is -2.05. The van der Waals surface area contributed by atoms with Crippen molar-refractivity contribution in [2.45, 2.75) is 84.0 Å². The Morgan fingerprint density at radius 1 is 0.962 bits per heavy atom. The lowest BCUT2D eigenvalue weighted by atomic mass is 9.99.